The number of rotatable bonds is 4. The molecule has 0 saturated carbocycles. The maximum atomic E-state index is 11.8. The van der Waals surface area contributed by atoms with E-state index in [2.05, 4.69) is 6.07 Å². The smallest absolute Gasteiger partial charge is 0.310 e. The van der Waals surface area contributed by atoms with Gasteiger partial charge in [0, 0.05) is 5.69 Å². The van der Waals surface area contributed by atoms with Crippen LogP contribution in [0.4, 0.5) is 5.69 Å². The van der Waals surface area contributed by atoms with Crippen LogP contribution in [0.3, 0.4) is 0 Å². The maximum absolute atomic E-state index is 11.8. The minimum absolute atomic E-state index is 0.226. The van der Waals surface area contributed by atoms with Gasteiger partial charge in [-0.3, -0.25) is 4.79 Å². The first kappa shape index (κ1) is 14.1. The molecule has 0 aliphatic heterocycles. The SMILES string of the molecule is Cc1ccc(C)c(COC(=O)Cc2ccc(N)cc2)c1. The minimum atomic E-state index is -0.226. The van der Waals surface area contributed by atoms with Crippen molar-refractivity contribution in [3.63, 3.8) is 0 Å². The Kier molecular flexibility index (Phi) is 4.41. The molecular formula is C17H19NO2. The second-order valence-corrected chi connectivity index (χ2v) is 5.01. The van der Waals surface area contributed by atoms with Gasteiger partial charge in [0.1, 0.15) is 6.61 Å². The normalized spacial score (nSPS) is 10.3. The highest BCUT2D eigenvalue weighted by molar-refractivity contribution is 5.72. The Morgan fingerprint density at radius 3 is 2.50 bits per heavy atom. The molecule has 3 nitrogen and oxygen atoms in total. The van der Waals surface area contributed by atoms with Gasteiger partial charge in [-0.2, -0.15) is 0 Å². The van der Waals surface area contributed by atoms with E-state index >= 15 is 0 Å². The van der Waals surface area contributed by atoms with Crippen LogP contribution >= 0.6 is 0 Å². The van der Waals surface area contributed by atoms with Crippen molar-refractivity contribution in [2.75, 3.05) is 5.73 Å². The number of esters is 1. The van der Waals surface area contributed by atoms with E-state index in [0.717, 1.165) is 16.7 Å². The lowest BCUT2D eigenvalue weighted by Gasteiger charge is -2.09. The lowest BCUT2D eigenvalue weighted by Crippen LogP contribution is -2.08. The summed E-state index contributed by atoms with van der Waals surface area (Å²) in [7, 11) is 0. The van der Waals surface area contributed by atoms with E-state index in [9.17, 15) is 4.79 Å². The molecule has 0 saturated heterocycles. The molecule has 0 spiro atoms. The van der Waals surface area contributed by atoms with E-state index in [0.29, 0.717) is 12.3 Å². The molecule has 0 fully saturated rings. The highest BCUT2D eigenvalue weighted by Crippen LogP contribution is 2.13. The van der Waals surface area contributed by atoms with Crippen molar-refractivity contribution in [2.24, 2.45) is 0 Å². The maximum Gasteiger partial charge on any atom is 0.310 e. The number of carbonyl (C=O) groups is 1. The van der Waals surface area contributed by atoms with Crippen molar-refractivity contribution in [3.8, 4) is 0 Å². The van der Waals surface area contributed by atoms with E-state index in [1.165, 1.54) is 5.56 Å². The van der Waals surface area contributed by atoms with Crippen LogP contribution < -0.4 is 5.73 Å². The number of nitrogen functional groups attached to an aromatic ring is 1. The van der Waals surface area contributed by atoms with Gasteiger partial charge in [0.25, 0.3) is 0 Å². The molecule has 3 heteroatoms. The second-order valence-electron chi connectivity index (χ2n) is 5.01. The first-order valence-electron chi connectivity index (χ1n) is 6.61. The van der Waals surface area contributed by atoms with Gasteiger partial charge in [0.05, 0.1) is 6.42 Å². The number of aryl methyl sites for hydroxylation is 2. The Balaban J connectivity index is 1.92. The molecule has 104 valence electrons. The minimum Gasteiger partial charge on any atom is -0.461 e. The lowest BCUT2D eigenvalue weighted by atomic mass is 10.1. The average Bonchev–Trinajstić information content (AvgIpc) is 2.42. The van der Waals surface area contributed by atoms with Crippen LogP contribution in [0, 0.1) is 13.8 Å². The van der Waals surface area contributed by atoms with Crippen molar-refractivity contribution in [1.29, 1.82) is 0 Å². The topological polar surface area (TPSA) is 52.3 Å². The van der Waals surface area contributed by atoms with Gasteiger partial charge >= 0.3 is 5.97 Å². The Labute approximate surface area is 119 Å². The zero-order chi connectivity index (χ0) is 14.5. The molecule has 0 atom stereocenters. The summed E-state index contributed by atoms with van der Waals surface area (Å²) >= 11 is 0. The number of hydrogen-bond acceptors (Lipinski definition) is 3. The fraction of sp³-hybridized carbons (Fsp3) is 0.235. The molecule has 0 aliphatic carbocycles. The predicted molar refractivity (Wildman–Crippen MR) is 80.3 cm³/mol. The van der Waals surface area contributed by atoms with Gasteiger partial charge in [-0.25, -0.2) is 0 Å². The fourth-order valence-electron chi connectivity index (χ4n) is 1.97. The van der Waals surface area contributed by atoms with E-state index in [1.54, 1.807) is 12.1 Å². The Morgan fingerprint density at radius 1 is 1.10 bits per heavy atom. The van der Waals surface area contributed by atoms with Gasteiger partial charge in [-0.15, -0.1) is 0 Å². The average molecular weight is 269 g/mol. The highest BCUT2D eigenvalue weighted by Gasteiger charge is 2.06. The number of benzene rings is 2. The van der Waals surface area contributed by atoms with E-state index in [-0.39, 0.29) is 12.4 Å². The van der Waals surface area contributed by atoms with Crippen LogP contribution in [0.5, 0.6) is 0 Å². The molecule has 2 N–H and O–H groups in total. The number of nitrogens with two attached hydrogens (primary N) is 1. The monoisotopic (exact) mass is 269 g/mol. The fourth-order valence-corrected chi connectivity index (χ4v) is 1.97. The molecule has 2 aromatic rings. The first-order chi connectivity index (χ1) is 9.54. The van der Waals surface area contributed by atoms with E-state index < -0.39 is 0 Å². The summed E-state index contributed by atoms with van der Waals surface area (Å²) in [6.45, 7) is 4.36. The zero-order valence-corrected chi connectivity index (χ0v) is 11.8. The Bertz CT molecular complexity index is 603. The van der Waals surface area contributed by atoms with Crippen LogP contribution in [0.2, 0.25) is 0 Å². The summed E-state index contributed by atoms with van der Waals surface area (Å²) in [5, 5.41) is 0. The van der Waals surface area contributed by atoms with Crippen LogP contribution in [0.1, 0.15) is 22.3 Å². The van der Waals surface area contributed by atoms with Crippen molar-refractivity contribution >= 4 is 11.7 Å². The molecular weight excluding hydrogens is 250 g/mol. The Morgan fingerprint density at radius 2 is 1.80 bits per heavy atom. The van der Waals surface area contributed by atoms with Gasteiger partial charge in [0.15, 0.2) is 0 Å². The van der Waals surface area contributed by atoms with Crippen molar-refractivity contribution in [1.82, 2.24) is 0 Å². The van der Waals surface area contributed by atoms with Crippen molar-refractivity contribution in [2.45, 2.75) is 26.9 Å². The second kappa shape index (κ2) is 6.24. The van der Waals surface area contributed by atoms with E-state index in [1.807, 2.05) is 38.1 Å². The number of anilines is 1. The molecule has 0 heterocycles. The molecule has 0 amide bonds. The molecule has 0 unspecified atom stereocenters. The summed E-state index contributed by atoms with van der Waals surface area (Å²) in [4.78, 5) is 11.8. The largest absolute Gasteiger partial charge is 0.461 e. The number of carbonyl (C=O) groups excluding carboxylic acids is 1. The summed E-state index contributed by atoms with van der Waals surface area (Å²) in [6, 6.07) is 13.4. The molecule has 0 aromatic heterocycles. The van der Waals surface area contributed by atoms with Crippen LogP contribution in [-0.2, 0) is 22.6 Å². The van der Waals surface area contributed by atoms with Crippen LogP contribution in [0.15, 0.2) is 42.5 Å². The summed E-state index contributed by atoms with van der Waals surface area (Å²) in [5.74, 6) is -0.226. The van der Waals surface area contributed by atoms with Gasteiger partial charge < -0.3 is 10.5 Å². The third-order valence-electron chi connectivity index (χ3n) is 3.22. The molecule has 2 rings (SSSR count). The highest BCUT2D eigenvalue weighted by atomic mass is 16.5. The lowest BCUT2D eigenvalue weighted by molar-refractivity contribution is -0.144. The summed E-state index contributed by atoms with van der Waals surface area (Å²) in [6.07, 6.45) is 0.269. The quantitative estimate of drug-likeness (QED) is 0.685. The third kappa shape index (κ3) is 3.85. The standard InChI is InChI=1S/C17H19NO2/c1-12-3-4-13(2)15(9-12)11-20-17(19)10-14-5-7-16(18)8-6-14/h3-9H,10-11,18H2,1-2H3. The molecule has 20 heavy (non-hydrogen) atoms. The predicted octanol–water partition coefficient (Wildman–Crippen LogP) is 3.17. The number of hydrogen-bond donors (Lipinski definition) is 1. The van der Waals surface area contributed by atoms with Crippen molar-refractivity contribution < 1.29 is 9.53 Å². The molecule has 0 aliphatic rings. The van der Waals surface area contributed by atoms with Gasteiger partial charge in [-0.05, 0) is 42.7 Å². The Hall–Kier alpha value is -2.29. The van der Waals surface area contributed by atoms with Gasteiger partial charge in [0.2, 0.25) is 0 Å². The third-order valence-corrected chi connectivity index (χ3v) is 3.22. The van der Waals surface area contributed by atoms with Crippen LogP contribution in [0.25, 0.3) is 0 Å². The van der Waals surface area contributed by atoms with E-state index in [4.69, 9.17) is 10.5 Å². The molecule has 2 aromatic carbocycles. The van der Waals surface area contributed by atoms with Crippen LogP contribution in [-0.4, -0.2) is 5.97 Å². The molecule has 0 bridgehead atoms. The van der Waals surface area contributed by atoms with Crippen molar-refractivity contribution in [3.05, 3.63) is 64.7 Å². The van der Waals surface area contributed by atoms with Gasteiger partial charge in [-0.1, -0.05) is 35.9 Å². The first-order valence-corrected chi connectivity index (χ1v) is 6.61. The summed E-state index contributed by atoms with van der Waals surface area (Å²) in [5.41, 5.74) is 10.6. The zero-order valence-electron chi connectivity index (χ0n) is 11.8. The number of ether oxygens (including phenoxy) is 1. The summed E-state index contributed by atoms with van der Waals surface area (Å²) < 4.78 is 5.33. The molecule has 0 radical (unpaired) electrons.